The first-order valence-corrected chi connectivity index (χ1v) is 8.02. The van der Waals surface area contributed by atoms with E-state index in [4.69, 9.17) is 5.73 Å². The zero-order valence-electron chi connectivity index (χ0n) is 12.6. The molecule has 0 radical (unpaired) electrons. The van der Waals surface area contributed by atoms with Crippen molar-refractivity contribution in [2.75, 3.05) is 6.54 Å². The van der Waals surface area contributed by atoms with Gasteiger partial charge in [-0.15, -0.1) is 0 Å². The molecule has 19 heavy (non-hydrogen) atoms. The Labute approximate surface area is 117 Å². The normalized spacial score (nSPS) is 29.4. The van der Waals surface area contributed by atoms with Crippen LogP contribution in [0.15, 0.2) is 0 Å². The van der Waals surface area contributed by atoms with E-state index < -0.39 is 0 Å². The summed E-state index contributed by atoms with van der Waals surface area (Å²) >= 11 is 0. The predicted molar refractivity (Wildman–Crippen MR) is 78.7 cm³/mol. The van der Waals surface area contributed by atoms with Crippen LogP contribution >= 0.6 is 0 Å². The summed E-state index contributed by atoms with van der Waals surface area (Å²) in [7, 11) is 0. The Morgan fingerprint density at radius 3 is 2.26 bits per heavy atom. The standard InChI is InChI=1S/C16H30N2O/c1-16(2,13-5-3-4-6-13)11-18-15(19)12-7-9-14(17)10-8-12/h12-14H,3-11,17H2,1-2H3,(H,18,19). The van der Waals surface area contributed by atoms with E-state index in [0.717, 1.165) is 38.1 Å². The molecule has 3 N–H and O–H groups in total. The van der Waals surface area contributed by atoms with Gasteiger partial charge in [-0.2, -0.15) is 0 Å². The van der Waals surface area contributed by atoms with Crippen molar-refractivity contribution in [1.29, 1.82) is 0 Å². The molecule has 1 amide bonds. The molecule has 0 aromatic heterocycles. The lowest BCUT2D eigenvalue weighted by atomic mass is 9.77. The number of nitrogens with one attached hydrogen (secondary N) is 1. The van der Waals surface area contributed by atoms with Crippen molar-refractivity contribution in [3.63, 3.8) is 0 Å². The van der Waals surface area contributed by atoms with Crippen molar-refractivity contribution in [1.82, 2.24) is 5.32 Å². The highest BCUT2D eigenvalue weighted by molar-refractivity contribution is 5.78. The lowest BCUT2D eigenvalue weighted by molar-refractivity contribution is -0.126. The van der Waals surface area contributed by atoms with Gasteiger partial charge in [-0.25, -0.2) is 0 Å². The minimum Gasteiger partial charge on any atom is -0.355 e. The molecule has 0 heterocycles. The van der Waals surface area contributed by atoms with E-state index in [9.17, 15) is 4.79 Å². The molecule has 0 spiro atoms. The van der Waals surface area contributed by atoms with Crippen LogP contribution in [-0.2, 0) is 4.79 Å². The van der Waals surface area contributed by atoms with Gasteiger partial charge in [0.1, 0.15) is 0 Å². The average molecular weight is 266 g/mol. The maximum Gasteiger partial charge on any atom is 0.223 e. The van der Waals surface area contributed by atoms with Gasteiger partial charge in [-0.1, -0.05) is 26.7 Å². The molecule has 110 valence electrons. The highest BCUT2D eigenvalue weighted by Crippen LogP contribution is 2.39. The minimum atomic E-state index is 0.208. The van der Waals surface area contributed by atoms with E-state index in [1.54, 1.807) is 0 Å². The molecule has 0 bridgehead atoms. The zero-order valence-corrected chi connectivity index (χ0v) is 12.6. The van der Waals surface area contributed by atoms with Crippen LogP contribution in [0.25, 0.3) is 0 Å². The van der Waals surface area contributed by atoms with Gasteiger partial charge in [-0.05, 0) is 49.9 Å². The number of hydrogen-bond acceptors (Lipinski definition) is 2. The van der Waals surface area contributed by atoms with Crippen LogP contribution in [0.1, 0.15) is 65.2 Å². The van der Waals surface area contributed by atoms with Crippen LogP contribution in [0.3, 0.4) is 0 Å². The zero-order chi connectivity index (χ0) is 13.9. The summed E-state index contributed by atoms with van der Waals surface area (Å²) in [5, 5.41) is 3.20. The summed E-state index contributed by atoms with van der Waals surface area (Å²) in [6.45, 7) is 5.44. The van der Waals surface area contributed by atoms with Gasteiger partial charge < -0.3 is 11.1 Å². The van der Waals surface area contributed by atoms with Crippen LogP contribution in [-0.4, -0.2) is 18.5 Å². The number of nitrogens with two attached hydrogens (primary N) is 1. The summed E-state index contributed by atoms with van der Waals surface area (Å²) in [6, 6.07) is 0.318. The van der Waals surface area contributed by atoms with Gasteiger partial charge in [0.2, 0.25) is 5.91 Å². The molecule has 0 saturated heterocycles. The second-order valence-electron chi connectivity index (χ2n) is 7.30. The Balaban J connectivity index is 1.76. The smallest absolute Gasteiger partial charge is 0.223 e. The van der Waals surface area contributed by atoms with Crippen molar-refractivity contribution < 1.29 is 4.79 Å². The maximum absolute atomic E-state index is 12.2. The largest absolute Gasteiger partial charge is 0.355 e. The van der Waals surface area contributed by atoms with E-state index >= 15 is 0 Å². The molecule has 2 aliphatic carbocycles. The Hall–Kier alpha value is -0.570. The first-order chi connectivity index (χ1) is 8.99. The van der Waals surface area contributed by atoms with Crippen LogP contribution in [0, 0.1) is 17.3 Å². The van der Waals surface area contributed by atoms with Crippen LogP contribution in [0.5, 0.6) is 0 Å². The molecule has 2 saturated carbocycles. The van der Waals surface area contributed by atoms with Gasteiger partial charge in [0, 0.05) is 18.5 Å². The van der Waals surface area contributed by atoms with E-state index in [1.807, 2.05) is 0 Å². The van der Waals surface area contributed by atoms with Gasteiger partial charge in [0.15, 0.2) is 0 Å². The predicted octanol–water partition coefficient (Wildman–Crippen LogP) is 2.84. The van der Waals surface area contributed by atoms with Crippen LogP contribution < -0.4 is 11.1 Å². The minimum absolute atomic E-state index is 0.208. The third kappa shape index (κ3) is 3.95. The Bertz CT molecular complexity index is 300. The summed E-state index contributed by atoms with van der Waals surface area (Å²) in [4.78, 5) is 12.2. The highest BCUT2D eigenvalue weighted by Gasteiger charge is 2.33. The molecule has 3 heteroatoms. The number of carbonyl (C=O) groups excluding carboxylic acids is 1. The Kier molecular flexibility index (Phi) is 4.88. The molecule has 2 rings (SSSR count). The number of carbonyl (C=O) groups is 1. The van der Waals surface area contributed by atoms with Gasteiger partial charge in [0.05, 0.1) is 0 Å². The molecule has 0 aromatic rings. The average Bonchev–Trinajstić information content (AvgIpc) is 2.91. The van der Waals surface area contributed by atoms with Crippen molar-refractivity contribution in [2.45, 2.75) is 71.3 Å². The Morgan fingerprint density at radius 2 is 1.68 bits per heavy atom. The maximum atomic E-state index is 12.2. The first-order valence-electron chi connectivity index (χ1n) is 8.02. The second-order valence-corrected chi connectivity index (χ2v) is 7.30. The molecule has 0 aromatic carbocycles. The third-order valence-electron chi connectivity index (χ3n) is 5.32. The molecule has 0 aliphatic heterocycles. The van der Waals surface area contributed by atoms with Gasteiger partial charge in [-0.3, -0.25) is 4.79 Å². The van der Waals surface area contributed by atoms with Crippen molar-refractivity contribution >= 4 is 5.91 Å². The summed E-state index contributed by atoms with van der Waals surface area (Å²) in [5.74, 6) is 1.25. The summed E-state index contributed by atoms with van der Waals surface area (Å²) in [6.07, 6.45) is 9.34. The highest BCUT2D eigenvalue weighted by atomic mass is 16.1. The lowest BCUT2D eigenvalue weighted by Gasteiger charge is -2.33. The van der Waals surface area contributed by atoms with Crippen molar-refractivity contribution in [3.8, 4) is 0 Å². The topological polar surface area (TPSA) is 55.1 Å². The summed E-state index contributed by atoms with van der Waals surface area (Å²) in [5.41, 5.74) is 6.14. The van der Waals surface area contributed by atoms with E-state index in [0.29, 0.717) is 6.04 Å². The molecule has 0 atom stereocenters. The van der Waals surface area contributed by atoms with Gasteiger partial charge in [0.25, 0.3) is 0 Å². The fourth-order valence-corrected chi connectivity index (χ4v) is 3.69. The monoisotopic (exact) mass is 266 g/mol. The van der Waals surface area contributed by atoms with Gasteiger partial charge >= 0.3 is 0 Å². The lowest BCUT2D eigenvalue weighted by Crippen LogP contribution is -2.42. The van der Waals surface area contributed by atoms with Crippen molar-refractivity contribution in [3.05, 3.63) is 0 Å². The molecule has 2 aliphatic rings. The van der Waals surface area contributed by atoms with E-state index in [1.165, 1.54) is 25.7 Å². The quantitative estimate of drug-likeness (QED) is 0.822. The molecular weight excluding hydrogens is 236 g/mol. The SMILES string of the molecule is CC(C)(CNC(=O)C1CCC(N)CC1)C1CCCC1. The fourth-order valence-electron chi connectivity index (χ4n) is 3.69. The third-order valence-corrected chi connectivity index (χ3v) is 5.32. The van der Waals surface area contributed by atoms with Crippen molar-refractivity contribution in [2.24, 2.45) is 23.0 Å². The number of amides is 1. The van der Waals surface area contributed by atoms with E-state index in [2.05, 4.69) is 19.2 Å². The fraction of sp³-hybridized carbons (Fsp3) is 0.938. The summed E-state index contributed by atoms with van der Waals surface area (Å²) < 4.78 is 0. The van der Waals surface area contributed by atoms with E-state index in [-0.39, 0.29) is 17.2 Å². The Morgan fingerprint density at radius 1 is 1.11 bits per heavy atom. The second kappa shape index (κ2) is 6.25. The van der Waals surface area contributed by atoms with Crippen LogP contribution in [0.2, 0.25) is 0 Å². The molecule has 3 nitrogen and oxygen atoms in total. The molecule has 2 fully saturated rings. The number of hydrogen-bond donors (Lipinski definition) is 2. The van der Waals surface area contributed by atoms with Crippen LogP contribution in [0.4, 0.5) is 0 Å². The first kappa shape index (κ1) is 14.8. The number of rotatable bonds is 4. The molecular formula is C16H30N2O. The molecule has 0 unspecified atom stereocenters.